The minimum atomic E-state index is -4.77. The van der Waals surface area contributed by atoms with Crippen molar-refractivity contribution in [3.05, 3.63) is 45.9 Å². The van der Waals surface area contributed by atoms with Crippen LogP contribution in [0.4, 0.5) is 18.9 Å². The van der Waals surface area contributed by atoms with Gasteiger partial charge in [0.25, 0.3) is 5.91 Å². The Morgan fingerprint density at radius 3 is 2.41 bits per heavy atom. The van der Waals surface area contributed by atoms with E-state index in [9.17, 15) is 26.4 Å². The molecule has 1 aromatic heterocycles. The topological polar surface area (TPSA) is 79.4 Å². The SMILES string of the molecule is CC(C)(C)c1ccccc1NC(=O)c1csc(C2CCN(S(=O)(=O)CC(F)(F)F)CC2)n1. The number of anilines is 1. The van der Waals surface area contributed by atoms with Gasteiger partial charge < -0.3 is 5.32 Å². The Bertz CT molecular complexity index is 1070. The number of rotatable bonds is 5. The summed E-state index contributed by atoms with van der Waals surface area (Å²) in [5.74, 6) is -2.28. The molecule has 0 bridgehead atoms. The Hall–Kier alpha value is -1.98. The van der Waals surface area contributed by atoms with Gasteiger partial charge >= 0.3 is 6.18 Å². The number of alkyl halides is 3. The van der Waals surface area contributed by atoms with Gasteiger partial charge in [0.2, 0.25) is 10.0 Å². The quantitative estimate of drug-likeness (QED) is 0.657. The van der Waals surface area contributed by atoms with Crippen molar-refractivity contribution in [1.29, 1.82) is 0 Å². The fourth-order valence-electron chi connectivity index (χ4n) is 3.69. The van der Waals surface area contributed by atoms with E-state index >= 15 is 0 Å². The van der Waals surface area contributed by atoms with Crippen LogP contribution in [-0.2, 0) is 15.4 Å². The highest BCUT2D eigenvalue weighted by atomic mass is 32.2. The molecule has 0 spiro atoms. The van der Waals surface area contributed by atoms with Crippen molar-refractivity contribution in [3.8, 4) is 0 Å². The molecule has 1 saturated heterocycles. The molecule has 1 aliphatic heterocycles. The molecule has 1 aliphatic rings. The Morgan fingerprint density at radius 2 is 1.81 bits per heavy atom. The van der Waals surface area contributed by atoms with Crippen LogP contribution in [0.5, 0.6) is 0 Å². The minimum Gasteiger partial charge on any atom is -0.320 e. The zero-order chi connectivity index (χ0) is 23.7. The van der Waals surface area contributed by atoms with Gasteiger partial charge in [-0.15, -0.1) is 11.3 Å². The summed E-state index contributed by atoms with van der Waals surface area (Å²) >= 11 is 1.30. The summed E-state index contributed by atoms with van der Waals surface area (Å²) in [5, 5.41) is 5.25. The van der Waals surface area contributed by atoms with Gasteiger partial charge in [0.1, 0.15) is 5.69 Å². The zero-order valence-electron chi connectivity index (χ0n) is 18.1. The van der Waals surface area contributed by atoms with Gasteiger partial charge in [0.15, 0.2) is 5.75 Å². The number of carbonyl (C=O) groups excluding carboxylic acids is 1. The molecule has 1 fully saturated rings. The van der Waals surface area contributed by atoms with Gasteiger partial charge in [-0.1, -0.05) is 39.0 Å². The second-order valence-electron chi connectivity index (χ2n) is 8.87. The molecule has 0 aliphatic carbocycles. The van der Waals surface area contributed by atoms with Gasteiger partial charge in [-0.25, -0.2) is 17.7 Å². The molecule has 2 aromatic rings. The van der Waals surface area contributed by atoms with E-state index in [0.717, 1.165) is 9.87 Å². The van der Waals surface area contributed by atoms with Gasteiger partial charge in [-0.05, 0) is 29.9 Å². The number of aromatic nitrogens is 1. The van der Waals surface area contributed by atoms with Crippen LogP contribution in [0.25, 0.3) is 0 Å². The number of thiazole rings is 1. The molecular formula is C21H26F3N3O3S2. The number of halogens is 3. The number of hydrogen-bond donors (Lipinski definition) is 1. The second-order valence-corrected chi connectivity index (χ2v) is 11.7. The lowest BCUT2D eigenvalue weighted by Crippen LogP contribution is -2.42. The lowest BCUT2D eigenvalue weighted by Gasteiger charge is -2.30. The summed E-state index contributed by atoms with van der Waals surface area (Å²) in [7, 11) is -4.38. The number of sulfonamides is 1. The third-order valence-corrected chi connectivity index (χ3v) is 8.13. The molecule has 0 unspecified atom stereocenters. The molecule has 3 rings (SSSR count). The molecule has 32 heavy (non-hydrogen) atoms. The second kappa shape index (κ2) is 9.11. The van der Waals surface area contributed by atoms with Crippen molar-refractivity contribution in [2.24, 2.45) is 0 Å². The van der Waals surface area contributed by atoms with Crippen LogP contribution >= 0.6 is 11.3 Å². The molecule has 6 nitrogen and oxygen atoms in total. The van der Waals surface area contributed by atoms with Crippen LogP contribution in [-0.4, -0.2) is 48.6 Å². The van der Waals surface area contributed by atoms with E-state index in [1.54, 1.807) is 5.38 Å². The smallest absolute Gasteiger partial charge is 0.320 e. The fourth-order valence-corrected chi connectivity index (χ4v) is 6.03. The summed E-state index contributed by atoms with van der Waals surface area (Å²) in [6.07, 6.45) is -4.05. The number of nitrogens with one attached hydrogen (secondary N) is 1. The number of amides is 1. The first-order valence-corrected chi connectivity index (χ1v) is 12.7. The van der Waals surface area contributed by atoms with Crippen molar-refractivity contribution in [3.63, 3.8) is 0 Å². The average molecular weight is 490 g/mol. The van der Waals surface area contributed by atoms with Gasteiger partial charge in [-0.2, -0.15) is 13.2 Å². The molecule has 2 heterocycles. The van der Waals surface area contributed by atoms with Crippen molar-refractivity contribution in [2.75, 3.05) is 24.2 Å². The molecule has 1 amide bonds. The number of piperidine rings is 1. The molecule has 1 N–H and O–H groups in total. The summed E-state index contributed by atoms with van der Waals surface area (Å²) in [5.41, 5.74) is 1.82. The van der Waals surface area contributed by atoms with Crippen molar-refractivity contribution in [2.45, 2.75) is 51.1 Å². The number of carbonyl (C=O) groups is 1. The largest absolute Gasteiger partial charge is 0.404 e. The zero-order valence-corrected chi connectivity index (χ0v) is 19.7. The van der Waals surface area contributed by atoms with Gasteiger partial charge in [0.05, 0.1) is 5.01 Å². The summed E-state index contributed by atoms with van der Waals surface area (Å²) < 4.78 is 62.4. The molecular weight excluding hydrogens is 463 g/mol. The molecule has 0 radical (unpaired) electrons. The molecule has 0 atom stereocenters. The van der Waals surface area contributed by atoms with Gasteiger partial charge in [0, 0.05) is 30.1 Å². The Morgan fingerprint density at radius 1 is 1.19 bits per heavy atom. The highest BCUT2D eigenvalue weighted by Crippen LogP contribution is 2.33. The first-order valence-electron chi connectivity index (χ1n) is 10.2. The van der Waals surface area contributed by atoms with E-state index in [1.165, 1.54) is 11.3 Å². The lowest BCUT2D eigenvalue weighted by molar-refractivity contribution is -0.107. The molecule has 176 valence electrons. The Kier molecular flexibility index (Phi) is 7.02. The maximum Gasteiger partial charge on any atom is 0.404 e. The third-order valence-electron chi connectivity index (χ3n) is 5.28. The molecule has 11 heteroatoms. The van der Waals surface area contributed by atoms with Crippen LogP contribution in [0.3, 0.4) is 0 Å². The maximum atomic E-state index is 12.7. The maximum absolute atomic E-state index is 12.7. The van der Waals surface area contributed by atoms with Crippen LogP contribution in [0, 0.1) is 0 Å². The summed E-state index contributed by atoms with van der Waals surface area (Å²) in [6.45, 7) is 6.17. The van der Waals surface area contributed by atoms with E-state index in [1.807, 2.05) is 24.3 Å². The van der Waals surface area contributed by atoms with E-state index < -0.39 is 22.0 Å². The van der Waals surface area contributed by atoms with Crippen LogP contribution in [0.2, 0.25) is 0 Å². The number of benzene rings is 1. The van der Waals surface area contributed by atoms with Crippen molar-refractivity contribution >= 4 is 33.0 Å². The van der Waals surface area contributed by atoms with Crippen LogP contribution in [0.1, 0.15) is 60.6 Å². The predicted octanol–water partition coefficient (Wildman–Crippen LogP) is 4.76. The standard InChI is InChI=1S/C21H26F3N3O3S2/c1-20(2,3)15-6-4-5-7-16(15)25-18(28)17-12-31-19(26-17)14-8-10-27(11-9-14)32(29,30)13-21(22,23)24/h4-7,12,14H,8-11,13H2,1-3H3,(H,25,28). The van der Waals surface area contributed by atoms with Crippen LogP contribution in [0.15, 0.2) is 29.6 Å². The first-order chi connectivity index (χ1) is 14.8. The molecule has 0 saturated carbocycles. The predicted molar refractivity (Wildman–Crippen MR) is 119 cm³/mol. The minimum absolute atomic E-state index is 0.00312. The Balaban J connectivity index is 1.64. The summed E-state index contributed by atoms with van der Waals surface area (Å²) in [6, 6.07) is 7.56. The van der Waals surface area contributed by atoms with Crippen molar-refractivity contribution < 1.29 is 26.4 Å². The highest BCUT2D eigenvalue weighted by Gasteiger charge is 2.39. The number of para-hydroxylation sites is 1. The number of nitrogens with zero attached hydrogens (tertiary/aromatic N) is 2. The van der Waals surface area contributed by atoms with E-state index in [4.69, 9.17) is 0 Å². The van der Waals surface area contributed by atoms with E-state index in [0.29, 0.717) is 23.5 Å². The Labute approximate surface area is 189 Å². The number of hydrogen-bond acceptors (Lipinski definition) is 5. The van der Waals surface area contributed by atoms with Crippen LogP contribution < -0.4 is 5.32 Å². The normalized spacial score (nSPS) is 16.8. The molecule has 1 aromatic carbocycles. The highest BCUT2D eigenvalue weighted by molar-refractivity contribution is 7.89. The van der Waals surface area contributed by atoms with Gasteiger partial charge in [-0.3, -0.25) is 4.79 Å². The summed E-state index contributed by atoms with van der Waals surface area (Å²) in [4.78, 5) is 17.2. The fraction of sp³-hybridized carbons (Fsp3) is 0.524. The van der Waals surface area contributed by atoms with E-state index in [2.05, 4.69) is 31.1 Å². The average Bonchev–Trinajstić information content (AvgIpc) is 3.16. The lowest BCUT2D eigenvalue weighted by atomic mass is 9.86. The van der Waals surface area contributed by atoms with E-state index in [-0.39, 0.29) is 36.0 Å². The third kappa shape index (κ3) is 6.08. The van der Waals surface area contributed by atoms with Crippen molar-refractivity contribution in [1.82, 2.24) is 9.29 Å². The monoisotopic (exact) mass is 489 g/mol. The first kappa shape index (κ1) is 24.7.